The molecule has 1 saturated heterocycles. The average Bonchev–Trinajstić information content (AvgIpc) is 2.83. The van der Waals surface area contributed by atoms with Gasteiger partial charge in [0, 0.05) is 32.5 Å². The fourth-order valence-electron chi connectivity index (χ4n) is 2.71. The molecule has 1 aliphatic heterocycles. The van der Waals surface area contributed by atoms with E-state index < -0.39 is 0 Å². The fourth-order valence-corrected chi connectivity index (χ4v) is 2.71. The Kier molecular flexibility index (Phi) is 3.29. The van der Waals surface area contributed by atoms with Gasteiger partial charge in [-0.05, 0) is 37.0 Å². The van der Waals surface area contributed by atoms with E-state index in [0.717, 1.165) is 55.2 Å². The quantitative estimate of drug-likeness (QED) is 0.828. The predicted octanol–water partition coefficient (Wildman–Crippen LogP) is 2.01. The summed E-state index contributed by atoms with van der Waals surface area (Å²) in [5.74, 6) is 1.64. The van der Waals surface area contributed by atoms with Crippen molar-refractivity contribution in [3.63, 3.8) is 0 Å². The predicted molar refractivity (Wildman–Crippen MR) is 77.3 cm³/mol. The van der Waals surface area contributed by atoms with Crippen LogP contribution in [0.5, 0.6) is 0 Å². The SMILES string of the molecule is COCC1CCN(c2nc3ccc(N)cc3[nH]2)CC1. The molecule has 1 fully saturated rings. The van der Waals surface area contributed by atoms with E-state index in [9.17, 15) is 0 Å². The van der Waals surface area contributed by atoms with E-state index in [1.54, 1.807) is 7.11 Å². The van der Waals surface area contributed by atoms with Gasteiger partial charge in [0.05, 0.1) is 11.0 Å². The number of benzene rings is 1. The van der Waals surface area contributed by atoms with Crippen molar-refractivity contribution in [2.75, 3.05) is 37.4 Å². The number of rotatable bonds is 3. The van der Waals surface area contributed by atoms with Crippen LogP contribution in [0.3, 0.4) is 0 Å². The second kappa shape index (κ2) is 5.09. The van der Waals surface area contributed by atoms with E-state index in [2.05, 4.69) is 14.9 Å². The van der Waals surface area contributed by atoms with E-state index in [1.807, 2.05) is 18.2 Å². The summed E-state index contributed by atoms with van der Waals surface area (Å²) in [6, 6.07) is 5.78. The first-order valence-electron chi connectivity index (χ1n) is 6.75. The van der Waals surface area contributed by atoms with Gasteiger partial charge in [0.1, 0.15) is 0 Å². The molecule has 5 heteroatoms. The number of aromatic nitrogens is 2. The van der Waals surface area contributed by atoms with Crippen molar-refractivity contribution in [3.05, 3.63) is 18.2 Å². The van der Waals surface area contributed by atoms with Gasteiger partial charge in [-0.3, -0.25) is 0 Å². The lowest BCUT2D eigenvalue weighted by molar-refractivity contribution is 0.139. The molecular formula is C14H20N4O. The molecule has 0 radical (unpaired) electrons. The number of ether oxygens (including phenoxy) is 1. The van der Waals surface area contributed by atoms with Gasteiger partial charge in [0.15, 0.2) is 0 Å². The minimum atomic E-state index is 0.682. The molecule has 0 saturated carbocycles. The third kappa shape index (κ3) is 2.51. The topological polar surface area (TPSA) is 67.2 Å². The normalized spacial score (nSPS) is 17.2. The van der Waals surface area contributed by atoms with Crippen LogP contribution in [0.2, 0.25) is 0 Å². The Morgan fingerprint density at radius 2 is 2.21 bits per heavy atom. The molecule has 3 N–H and O–H groups in total. The van der Waals surface area contributed by atoms with Crippen molar-refractivity contribution < 1.29 is 4.74 Å². The van der Waals surface area contributed by atoms with Crippen molar-refractivity contribution in [2.45, 2.75) is 12.8 Å². The number of hydrogen-bond acceptors (Lipinski definition) is 4. The molecule has 102 valence electrons. The van der Waals surface area contributed by atoms with Crippen molar-refractivity contribution in [1.82, 2.24) is 9.97 Å². The van der Waals surface area contributed by atoms with Gasteiger partial charge in [0.25, 0.3) is 0 Å². The number of H-pyrrole nitrogens is 1. The summed E-state index contributed by atoms with van der Waals surface area (Å²) in [5, 5.41) is 0. The maximum atomic E-state index is 5.79. The molecule has 5 nitrogen and oxygen atoms in total. The summed E-state index contributed by atoms with van der Waals surface area (Å²) in [5.41, 5.74) is 8.54. The Labute approximate surface area is 112 Å². The van der Waals surface area contributed by atoms with E-state index in [1.165, 1.54) is 0 Å². The number of imidazole rings is 1. The van der Waals surface area contributed by atoms with E-state index >= 15 is 0 Å². The highest BCUT2D eigenvalue weighted by molar-refractivity contribution is 5.80. The zero-order valence-electron chi connectivity index (χ0n) is 11.2. The van der Waals surface area contributed by atoms with Gasteiger partial charge in [-0.2, -0.15) is 0 Å². The Hall–Kier alpha value is -1.75. The maximum absolute atomic E-state index is 5.79. The van der Waals surface area contributed by atoms with Crippen LogP contribution in [-0.2, 0) is 4.74 Å². The van der Waals surface area contributed by atoms with Crippen molar-refractivity contribution >= 4 is 22.7 Å². The highest BCUT2D eigenvalue weighted by Gasteiger charge is 2.21. The smallest absolute Gasteiger partial charge is 0.203 e. The molecule has 0 aliphatic carbocycles. The number of methoxy groups -OCH3 is 1. The maximum Gasteiger partial charge on any atom is 0.203 e. The Morgan fingerprint density at radius 3 is 2.95 bits per heavy atom. The molecule has 2 aromatic rings. The van der Waals surface area contributed by atoms with Crippen LogP contribution in [0.1, 0.15) is 12.8 Å². The van der Waals surface area contributed by atoms with Gasteiger partial charge < -0.3 is 20.4 Å². The fraction of sp³-hybridized carbons (Fsp3) is 0.500. The van der Waals surface area contributed by atoms with Gasteiger partial charge in [0.2, 0.25) is 5.95 Å². The number of nitrogens with zero attached hydrogens (tertiary/aromatic N) is 2. The summed E-state index contributed by atoms with van der Waals surface area (Å²) in [7, 11) is 1.77. The van der Waals surface area contributed by atoms with Crippen molar-refractivity contribution in [2.24, 2.45) is 5.92 Å². The molecule has 1 aliphatic rings. The Bertz CT molecular complexity index is 558. The van der Waals surface area contributed by atoms with Crippen LogP contribution in [0, 0.1) is 5.92 Å². The lowest BCUT2D eigenvalue weighted by Gasteiger charge is -2.31. The monoisotopic (exact) mass is 260 g/mol. The first-order chi connectivity index (χ1) is 9.26. The van der Waals surface area contributed by atoms with Crippen molar-refractivity contribution in [1.29, 1.82) is 0 Å². The largest absolute Gasteiger partial charge is 0.399 e. The summed E-state index contributed by atoms with van der Waals surface area (Å²) in [6.07, 6.45) is 2.32. The lowest BCUT2D eigenvalue weighted by Crippen LogP contribution is -2.35. The van der Waals surface area contributed by atoms with Gasteiger partial charge in [-0.25, -0.2) is 4.98 Å². The second-order valence-corrected chi connectivity index (χ2v) is 5.22. The summed E-state index contributed by atoms with van der Waals surface area (Å²) in [4.78, 5) is 10.3. The number of hydrogen-bond donors (Lipinski definition) is 2. The molecule has 2 heterocycles. The number of aromatic amines is 1. The number of anilines is 2. The molecule has 0 spiro atoms. The van der Waals surface area contributed by atoms with Crippen LogP contribution in [-0.4, -0.2) is 36.8 Å². The zero-order valence-corrected chi connectivity index (χ0v) is 11.2. The van der Waals surface area contributed by atoms with Crippen LogP contribution < -0.4 is 10.6 Å². The third-order valence-corrected chi connectivity index (χ3v) is 3.81. The molecule has 19 heavy (non-hydrogen) atoms. The molecule has 1 aromatic heterocycles. The number of nitrogen functional groups attached to an aromatic ring is 1. The van der Waals surface area contributed by atoms with Gasteiger partial charge >= 0.3 is 0 Å². The molecule has 0 atom stereocenters. The highest BCUT2D eigenvalue weighted by atomic mass is 16.5. The second-order valence-electron chi connectivity index (χ2n) is 5.22. The molecular weight excluding hydrogens is 240 g/mol. The number of nitrogens with one attached hydrogen (secondary N) is 1. The first kappa shape index (κ1) is 12.3. The lowest BCUT2D eigenvalue weighted by atomic mass is 9.98. The van der Waals surface area contributed by atoms with Crippen molar-refractivity contribution in [3.8, 4) is 0 Å². The summed E-state index contributed by atoms with van der Waals surface area (Å²) < 4.78 is 5.23. The highest BCUT2D eigenvalue weighted by Crippen LogP contribution is 2.24. The minimum absolute atomic E-state index is 0.682. The van der Waals surface area contributed by atoms with Crippen LogP contribution in [0.25, 0.3) is 11.0 Å². The number of piperidine rings is 1. The van der Waals surface area contributed by atoms with Crippen LogP contribution >= 0.6 is 0 Å². The first-order valence-corrected chi connectivity index (χ1v) is 6.75. The average molecular weight is 260 g/mol. The van der Waals surface area contributed by atoms with Gasteiger partial charge in [-0.15, -0.1) is 0 Å². The number of nitrogens with two attached hydrogens (primary N) is 1. The third-order valence-electron chi connectivity index (χ3n) is 3.81. The molecule has 3 rings (SSSR count). The van der Waals surface area contributed by atoms with E-state index in [4.69, 9.17) is 10.5 Å². The molecule has 0 amide bonds. The van der Waals surface area contributed by atoms with E-state index in [0.29, 0.717) is 5.92 Å². The summed E-state index contributed by atoms with van der Waals surface area (Å²) in [6.45, 7) is 2.93. The minimum Gasteiger partial charge on any atom is -0.399 e. The Balaban J connectivity index is 1.74. The molecule has 0 bridgehead atoms. The van der Waals surface area contributed by atoms with Crippen LogP contribution in [0.4, 0.5) is 11.6 Å². The molecule has 0 unspecified atom stereocenters. The molecule has 1 aromatic carbocycles. The Morgan fingerprint density at radius 1 is 1.42 bits per heavy atom. The zero-order chi connectivity index (χ0) is 13.2. The van der Waals surface area contributed by atoms with Crippen LogP contribution in [0.15, 0.2) is 18.2 Å². The van der Waals surface area contributed by atoms with E-state index in [-0.39, 0.29) is 0 Å². The standard InChI is InChI=1S/C14H20N4O/c1-19-9-10-4-6-18(7-5-10)14-16-12-3-2-11(15)8-13(12)17-14/h2-3,8,10H,4-7,9,15H2,1H3,(H,16,17). The number of fused-ring (bicyclic) bond motifs is 1. The van der Waals surface area contributed by atoms with Gasteiger partial charge in [-0.1, -0.05) is 0 Å². The summed E-state index contributed by atoms with van der Waals surface area (Å²) >= 11 is 0.